The van der Waals surface area contributed by atoms with Gasteiger partial charge in [-0.15, -0.1) is 0 Å². The standard InChI is InChI=1S/C18H20ClN3O3/c1-11-3-4-13(18(24)25)10-21(11)17(23)16-9-20-22(12(16)2)15-7-5-14(19)6-8-15/h5-9,11,13H,3-4,10H2,1-2H3,(H,24,25). The summed E-state index contributed by atoms with van der Waals surface area (Å²) in [6.07, 6.45) is 2.83. The Kier molecular flexibility index (Phi) is 4.81. The molecule has 0 radical (unpaired) electrons. The fourth-order valence-electron chi connectivity index (χ4n) is 3.21. The van der Waals surface area contributed by atoms with Crippen LogP contribution in [0.1, 0.15) is 35.8 Å². The third-order valence-corrected chi connectivity index (χ3v) is 5.06. The Morgan fingerprint density at radius 2 is 1.92 bits per heavy atom. The van der Waals surface area contributed by atoms with E-state index in [9.17, 15) is 14.7 Å². The number of amides is 1. The van der Waals surface area contributed by atoms with Gasteiger partial charge in [-0.3, -0.25) is 9.59 Å². The van der Waals surface area contributed by atoms with Crippen LogP contribution >= 0.6 is 11.6 Å². The lowest BCUT2D eigenvalue weighted by Crippen LogP contribution is -2.47. The molecule has 25 heavy (non-hydrogen) atoms. The van der Waals surface area contributed by atoms with E-state index in [1.165, 1.54) is 0 Å². The normalized spacial score (nSPS) is 20.5. The number of rotatable bonds is 3. The van der Waals surface area contributed by atoms with E-state index in [1.807, 2.05) is 26.0 Å². The third-order valence-electron chi connectivity index (χ3n) is 4.80. The Morgan fingerprint density at radius 3 is 2.56 bits per heavy atom. The average molecular weight is 362 g/mol. The fourth-order valence-corrected chi connectivity index (χ4v) is 3.33. The number of carboxylic acids is 1. The molecule has 1 aliphatic heterocycles. The summed E-state index contributed by atoms with van der Waals surface area (Å²) in [7, 11) is 0. The van der Waals surface area contributed by atoms with Crippen LogP contribution in [0.5, 0.6) is 0 Å². The SMILES string of the molecule is Cc1c(C(=O)N2CC(C(=O)O)CCC2C)cnn1-c1ccc(Cl)cc1. The molecular formula is C18H20ClN3O3. The molecule has 7 heteroatoms. The highest BCUT2D eigenvalue weighted by Crippen LogP contribution is 2.25. The quantitative estimate of drug-likeness (QED) is 0.911. The maximum atomic E-state index is 13.0. The van der Waals surface area contributed by atoms with Gasteiger partial charge < -0.3 is 10.0 Å². The van der Waals surface area contributed by atoms with Crippen LogP contribution < -0.4 is 0 Å². The van der Waals surface area contributed by atoms with Crippen molar-refractivity contribution in [1.82, 2.24) is 14.7 Å². The first-order valence-corrected chi connectivity index (χ1v) is 8.60. The van der Waals surface area contributed by atoms with Crippen molar-refractivity contribution in [2.24, 2.45) is 5.92 Å². The minimum atomic E-state index is -0.849. The van der Waals surface area contributed by atoms with Gasteiger partial charge in [0.05, 0.1) is 29.1 Å². The minimum absolute atomic E-state index is 0.0152. The average Bonchev–Trinajstić information content (AvgIpc) is 2.97. The monoisotopic (exact) mass is 361 g/mol. The highest BCUT2D eigenvalue weighted by molar-refractivity contribution is 6.30. The first-order valence-electron chi connectivity index (χ1n) is 8.23. The predicted octanol–water partition coefficient (Wildman–Crippen LogP) is 3.16. The molecule has 2 heterocycles. The summed E-state index contributed by atoms with van der Waals surface area (Å²) in [4.78, 5) is 25.9. The van der Waals surface area contributed by atoms with E-state index < -0.39 is 11.9 Å². The fraction of sp³-hybridized carbons (Fsp3) is 0.389. The van der Waals surface area contributed by atoms with Crippen LogP contribution in [0.2, 0.25) is 5.02 Å². The number of aliphatic carboxylic acids is 1. The highest BCUT2D eigenvalue weighted by atomic mass is 35.5. The van der Waals surface area contributed by atoms with Gasteiger partial charge in [-0.2, -0.15) is 5.10 Å². The molecule has 6 nitrogen and oxygen atoms in total. The van der Waals surface area contributed by atoms with Crippen molar-refractivity contribution < 1.29 is 14.7 Å². The van der Waals surface area contributed by atoms with Crippen LogP contribution in [-0.2, 0) is 4.79 Å². The Balaban J connectivity index is 1.87. The van der Waals surface area contributed by atoms with E-state index in [0.717, 1.165) is 11.4 Å². The number of nitrogens with zero attached hydrogens (tertiary/aromatic N) is 3. The maximum absolute atomic E-state index is 13.0. The Labute approximate surface area is 151 Å². The molecule has 2 aromatic rings. The summed E-state index contributed by atoms with van der Waals surface area (Å²) >= 11 is 5.91. The number of hydrogen-bond donors (Lipinski definition) is 1. The molecule has 132 valence electrons. The minimum Gasteiger partial charge on any atom is -0.481 e. The molecule has 1 aromatic carbocycles. The molecule has 0 saturated carbocycles. The summed E-state index contributed by atoms with van der Waals surface area (Å²) in [5, 5.41) is 14.2. The molecule has 0 bridgehead atoms. The maximum Gasteiger partial charge on any atom is 0.308 e. The first kappa shape index (κ1) is 17.5. The van der Waals surface area contributed by atoms with Gasteiger partial charge in [-0.05, 0) is 51.0 Å². The van der Waals surface area contributed by atoms with Gasteiger partial charge in [0, 0.05) is 17.6 Å². The summed E-state index contributed by atoms with van der Waals surface area (Å²) < 4.78 is 1.69. The zero-order valence-electron chi connectivity index (χ0n) is 14.1. The topological polar surface area (TPSA) is 75.4 Å². The molecule has 1 aliphatic rings. The Hall–Kier alpha value is -2.34. The van der Waals surface area contributed by atoms with Crippen LogP contribution in [0.25, 0.3) is 5.69 Å². The van der Waals surface area contributed by atoms with Gasteiger partial charge in [0.2, 0.25) is 0 Å². The smallest absolute Gasteiger partial charge is 0.308 e. The van der Waals surface area contributed by atoms with Crippen molar-refractivity contribution in [2.75, 3.05) is 6.54 Å². The van der Waals surface area contributed by atoms with Crippen molar-refractivity contribution in [3.8, 4) is 5.69 Å². The third kappa shape index (κ3) is 3.39. The molecule has 1 amide bonds. The van der Waals surface area contributed by atoms with Gasteiger partial charge in [0.25, 0.3) is 5.91 Å². The van der Waals surface area contributed by atoms with Crippen molar-refractivity contribution in [1.29, 1.82) is 0 Å². The number of benzene rings is 1. The second kappa shape index (κ2) is 6.88. The molecule has 1 N–H and O–H groups in total. The van der Waals surface area contributed by atoms with Crippen molar-refractivity contribution in [3.63, 3.8) is 0 Å². The lowest BCUT2D eigenvalue weighted by Gasteiger charge is -2.36. The summed E-state index contributed by atoms with van der Waals surface area (Å²) in [5.74, 6) is -1.53. The number of carbonyl (C=O) groups is 2. The van der Waals surface area contributed by atoms with E-state index in [-0.39, 0.29) is 18.5 Å². The second-order valence-electron chi connectivity index (χ2n) is 6.45. The molecule has 0 spiro atoms. The number of carbonyl (C=O) groups excluding carboxylic acids is 1. The first-order chi connectivity index (χ1) is 11.9. The highest BCUT2D eigenvalue weighted by Gasteiger charge is 2.34. The van der Waals surface area contributed by atoms with Gasteiger partial charge in [0.1, 0.15) is 0 Å². The Bertz CT molecular complexity index is 800. The lowest BCUT2D eigenvalue weighted by molar-refractivity contribution is -0.143. The molecule has 3 rings (SSSR count). The zero-order valence-corrected chi connectivity index (χ0v) is 14.9. The van der Waals surface area contributed by atoms with Crippen LogP contribution in [0, 0.1) is 12.8 Å². The lowest BCUT2D eigenvalue weighted by atomic mass is 9.93. The van der Waals surface area contributed by atoms with E-state index in [1.54, 1.807) is 27.9 Å². The van der Waals surface area contributed by atoms with Gasteiger partial charge >= 0.3 is 5.97 Å². The van der Waals surface area contributed by atoms with E-state index in [0.29, 0.717) is 23.4 Å². The number of hydrogen-bond acceptors (Lipinski definition) is 3. The second-order valence-corrected chi connectivity index (χ2v) is 6.89. The Morgan fingerprint density at radius 1 is 1.24 bits per heavy atom. The van der Waals surface area contributed by atoms with Crippen molar-refractivity contribution >= 4 is 23.5 Å². The van der Waals surface area contributed by atoms with Crippen LogP contribution in [0.15, 0.2) is 30.5 Å². The number of halogens is 1. The molecule has 1 aromatic heterocycles. The summed E-state index contributed by atoms with van der Waals surface area (Å²) in [6, 6.07) is 7.22. The molecule has 0 aliphatic carbocycles. The van der Waals surface area contributed by atoms with Gasteiger partial charge in [-0.1, -0.05) is 11.6 Å². The summed E-state index contributed by atoms with van der Waals surface area (Å²) in [6.45, 7) is 4.02. The largest absolute Gasteiger partial charge is 0.481 e. The number of aromatic nitrogens is 2. The molecule has 2 atom stereocenters. The van der Waals surface area contributed by atoms with Crippen LogP contribution in [0.4, 0.5) is 0 Å². The van der Waals surface area contributed by atoms with Gasteiger partial charge in [0.15, 0.2) is 0 Å². The molecule has 2 unspecified atom stereocenters. The molecule has 1 fully saturated rings. The van der Waals surface area contributed by atoms with E-state index in [2.05, 4.69) is 5.10 Å². The number of likely N-dealkylation sites (tertiary alicyclic amines) is 1. The van der Waals surface area contributed by atoms with Crippen molar-refractivity contribution in [3.05, 3.63) is 46.7 Å². The number of carboxylic acid groups (broad SMARTS) is 1. The summed E-state index contributed by atoms with van der Waals surface area (Å²) in [5.41, 5.74) is 2.03. The van der Waals surface area contributed by atoms with Gasteiger partial charge in [-0.25, -0.2) is 4.68 Å². The van der Waals surface area contributed by atoms with Crippen LogP contribution in [0.3, 0.4) is 0 Å². The molecular weight excluding hydrogens is 342 g/mol. The predicted molar refractivity (Wildman–Crippen MR) is 94.2 cm³/mol. The number of piperidine rings is 1. The van der Waals surface area contributed by atoms with E-state index in [4.69, 9.17) is 11.6 Å². The molecule has 1 saturated heterocycles. The van der Waals surface area contributed by atoms with E-state index >= 15 is 0 Å². The van der Waals surface area contributed by atoms with Crippen LogP contribution in [-0.4, -0.2) is 44.3 Å². The zero-order chi connectivity index (χ0) is 18.1. The van der Waals surface area contributed by atoms with Crippen molar-refractivity contribution in [2.45, 2.75) is 32.7 Å².